The van der Waals surface area contributed by atoms with Gasteiger partial charge in [-0.15, -0.1) is 0 Å². The van der Waals surface area contributed by atoms with Gasteiger partial charge in [-0.1, -0.05) is 6.42 Å². The molecule has 3 saturated heterocycles. The molecule has 0 bridgehead atoms. The number of carbonyl (C=O) groups excluding carboxylic acids is 1. The van der Waals surface area contributed by atoms with Gasteiger partial charge in [0.2, 0.25) is 15.9 Å². The van der Waals surface area contributed by atoms with Crippen molar-refractivity contribution in [1.29, 1.82) is 0 Å². The Labute approximate surface area is 200 Å². The van der Waals surface area contributed by atoms with Gasteiger partial charge in [-0.2, -0.15) is 4.31 Å². The summed E-state index contributed by atoms with van der Waals surface area (Å²) < 4.78 is 34.3. The molecule has 2 aromatic rings. The maximum Gasteiger partial charge on any atom is 0.419 e. The van der Waals surface area contributed by atoms with E-state index in [1.807, 2.05) is 4.90 Å². The van der Waals surface area contributed by atoms with E-state index in [0.717, 1.165) is 25.9 Å². The number of likely N-dealkylation sites (tertiary alicyclic amines) is 2. The van der Waals surface area contributed by atoms with Gasteiger partial charge in [0.1, 0.15) is 0 Å². The molecule has 1 aromatic heterocycles. The third-order valence-corrected chi connectivity index (χ3v) is 9.78. The summed E-state index contributed by atoms with van der Waals surface area (Å²) in [6.07, 6.45) is 7.05. The highest BCUT2D eigenvalue weighted by Gasteiger charge is 2.36. The van der Waals surface area contributed by atoms with Crippen molar-refractivity contribution >= 4 is 27.0 Å². The van der Waals surface area contributed by atoms with E-state index in [4.69, 9.17) is 4.42 Å². The number of sulfonamides is 1. The lowest BCUT2D eigenvalue weighted by Gasteiger charge is -2.41. The van der Waals surface area contributed by atoms with E-state index in [-0.39, 0.29) is 22.3 Å². The first-order valence-electron chi connectivity index (χ1n) is 12.5. The Morgan fingerprint density at radius 3 is 2.29 bits per heavy atom. The molecule has 1 aromatic carbocycles. The van der Waals surface area contributed by atoms with Crippen LogP contribution in [0.4, 0.5) is 0 Å². The number of hydrogen-bond donors (Lipinski definition) is 0. The average molecular weight is 491 g/mol. The van der Waals surface area contributed by atoms with E-state index in [2.05, 4.69) is 4.90 Å². The molecular formula is C24H34N4O5S. The Kier molecular flexibility index (Phi) is 6.56. The summed E-state index contributed by atoms with van der Waals surface area (Å²) in [6, 6.07) is 5.12. The second-order valence-electron chi connectivity index (χ2n) is 9.89. The predicted molar refractivity (Wildman–Crippen MR) is 128 cm³/mol. The van der Waals surface area contributed by atoms with Crippen LogP contribution in [0.15, 0.2) is 32.3 Å². The zero-order chi connectivity index (χ0) is 23.9. The smallest absolute Gasteiger partial charge is 0.408 e. The summed E-state index contributed by atoms with van der Waals surface area (Å²) in [4.78, 5) is 29.6. The SMILES string of the molecule is Cn1c(=O)oc2cc(S(=O)(=O)N3CCC(C(=O)N4CCC(N5CCCCC5)CC4)CC3)ccc21. The fourth-order valence-corrected chi connectivity index (χ4v) is 7.25. The third kappa shape index (κ3) is 4.43. The van der Waals surface area contributed by atoms with Gasteiger partial charge in [0.25, 0.3) is 0 Å². The lowest BCUT2D eigenvalue weighted by Crippen LogP contribution is -2.50. The van der Waals surface area contributed by atoms with E-state index in [9.17, 15) is 18.0 Å². The second kappa shape index (κ2) is 9.47. The molecule has 4 heterocycles. The molecule has 3 fully saturated rings. The van der Waals surface area contributed by atoms with Gasteiger partial charge in [0.05, 0.1) is 10.4 Å². The molecule has 0 saturated carbocycles. The predicted octanol–water partition coefficient (Wildman–Crippen LogP) is 2.01. The highest BCUT2D eigenvalue weighted by atomic mass is 32.2. The van der Waals surface area contributed by atoms with E-state index in [0.29, 0.717) is 37.5 Å². The Morgan fingerprint density at radius 2 is 1.62 bits per heavy atom. The Morgan fingerprint density at radius 1 is 0.941 bits per heavy atom. The number of aromatic nitrogens is 1. The molecule has 186 valence electrons. The number of nitrogens with zero attached hydrogens (tertiary/aromatic N) is 4. The summed E-state index contributed by atoms with van der Waals surface area (Å²) in [5, 5.41) is 0. The van der Waals surface area contributed by atoms with Crippen LogP contribution in [0.2, 0.25) is 0 Å². The summed E-state index contributed by atoms with van der Waals surface area (Å²) >= 11 is 0. The fourth-order valence-electron chi connectivity index (χ4n) is 5.76. The molecule has 0 N–H and O–H groups in total. The first-order valence-corrected chi connectivity index (χ1v) is 13.9. The lowest BCUT2D eigenvalue weighted by atomic mass is 9.94. The van der Waals surface area contributed by atoms with Gasteiger partial charge < -0.3 is 14.2 Å². The Bertz CT molecular complexity index is 1200. The Balaban J connectivity index is 1.17. The maximum atomic E-state index is 13.2. The molecule has 1 amide bonds. The highest BCUT2D eigenvalue weighted by Crippen LogP contribution is 2.28. The first kappa shape index (κ1) is 23.6. The van der Waals surface area contributed by atoms with Crippen LogP contribution in [-0.4, -0.2) is 78.3 Å². The van der Waals surface area contributed by atoms with Crippen LogP contribution in [0.3, 0.4) is 0 Å². The molecule has 3 aliphatic heterocycles. The molecule has 0 atom stereocenters. The van der Waals surface area contributed by atoms with Crippen LogP contribution >= 0.6 is 0 Å². The topological polar surface area (TPSA) is 96.1 Å². The number of hydrogen-bond acceptors (Lipinski definition) is 6. The van der Waals surface area contributed by atoms with Crippen molar-refractivity contribution in [3.8, 4) is 0 Å². The molecule has 10 heteroatoms. The van der Waals surface area contributed by atoms with Crippen LogP contribution in [0.5, 0.6) is 0 Å². The van der Waals surface area contributed by atoms with Crippen LogP contribution in [0, 0.1) is 5.92 Å². The lowest BCUT2D eigenvalue weighted by molar-refractivity contribution is -0.138. The van der Waals surface area contributed by atoms with E-state index >= 15 is 0 Å². The quantitative estimate of drug-likeness (QED) is 0.651. The second-order valence-corrected chi connectivity index (χ2v) is 11.8. The molecule has 0 spiro atoms. The molecule has 3 aliphatic rings. The number of rotatable bonds is 4. The van der Waals surface area contributed by atoms with Crippen LogP contribution in [0.1, 0.15) is 44.9 Å². The van der Waals surface area contributed by atoms with Crippen LogP contribution in [-0.2, 0) is 21.9 Å². The highest BCUT2D eigenvalue weighted by molar-refractivity contribution is 7.89. The minimum atomic E-state index is -3.72. The zero-order valence-corrected chi connectivity index (χ0v) is 20.6. The van der Waals surface area contributed by atoms with Crippen molar-refractivity contribution in [2.75, 3.05) is 39.3 Å². The van der Waals surface area contributed by atoms with E-state index < -0.39 is 15.8 Å². The van der Waals surface area contributed by atoms with E-state index in [1.165, 1.54) is 53.4 Å². The number of fused-ring (bicyclic) bond motifs is 1. The number of amides is 1. The number of oxazole rings is 1. The van der Waals surface area contributed by atoms with Crippen molar-refractivity contribution in [3.05, 3.63) is 28.7 Å². The number of aryl methyl sites for hydroxylation is 1. The van der Waals surface area contributed by atoms with Crippen LogP contribution < -0.4 is 5.76 Å². The first-order chi connectivity index (χ1) is 16.3. The maximum absolute atomic E-state index is 13.2. The molecule has 9 nitrogen and oxygen atoms in total. The Hall–Kier alpha value is -2.17. The van der Waals surface area contributed by atoms with Gasteiger partial charge in [0, 0.05) is 51.3 Å². The molecule has 0 aliphatic carbocycles. The van der Waals surface area contributed by atoms with Crippen molar-refractivity contribution in [2.24, 2.45) is 13.0 Å². The zero-order valence-electron chi connectivity index (χ0n) is 19.8. The van der Waals surface area contributed by atoms with Crippen molar-refractivity contribution < 1.29 is 17.6 Å². The van der Waals surface area contributed by atoms with Gasteiger partial charge in [-0.05, 0) is 63.7 Å². The number of benzene rings is 1. The number of piperidine rings is 3. The van der Waals surface area contributed by atoms with Gasteiger partial charge >= 0.3 is 5.76 Å². The number of carbonyl (C=O) groups is 1. The molecule has 5 rings (SSSR count). The third-order valence-electron chi connectivity index (χ3n) is 7.89. The van der Waals surface area contributed by atoms with Gasteiger partial charge in [0.15, 0.2) is 5.58 Å². The molecule has 0 radical (unpaired) electrons. The van der Waals surface area contributed by atoms with Crippen molar-refractivity contribution in [3.63, 3.8) is 0 Å². The fraction of sp³-hybridized carbons (Fsp3) is 0.667. The van der Waals surface area contributed by atoms with Gasteiger partial charge in [-0.25, -0.2) is 13.2 Å². The van der Waals surface area contributed by atoms with Crippen molar-refractivity contribution in [1.82, 2.24) is 18.7 Å². The largest absolute Gasteiger partial charge is 0.419 e. The molecular weight excluding hydrogens is 456 g/mol. The average Bonchev–Trinajstić information content (AvgIpc) is 3.17. The molecule has 34 heavy (non-hydrogen) atoms. The minimum absolute atomic E-state index is 0.110. The monoisotopic (exact) mass is 490 g/mol. The minimum Gasteiger partial charge on any atom is -0.408 e. The summed E-state index contributed by atoms with van der Waals surface area (Å²) in [5.74, 6) is -0.460. The molecule has 0 unspecified atom stereocenters. The summed E-state index contributed by atoms with van der Waals surface area (Å²) in [6.45, 7) is 4.63. The summed E-state index contributed by atoms with van der Waals surface area (Å²) in [5.41, 5.74) is 0.809. The van der Waals surface area contributed by atoms with E-state index in [1.54, 1.807) is 13.1 Å². The van der Waals surface area contributed by atoms with Crippen LogP contribution in [0.25, 0.3) is 11.1 Å². The van der Waals surface area contributed by atoms with Crippen molar-refractivity contribution in [2.45, 2.75) is 55.9 Å². The standard InChI is InChI=1S/C24H34N4O5S/c1-25-21-6-5-20(17-22(21)33-24(25)30)34(31,32)28-15-7-18(8-16-28)23(29)27-13-9-19(10-14-27)26-11-3-2-4-12-26/h5-6,17-19H,2-4,7-16H2,1H3. The van der Waals surface area contributed by atoms with Gasteiger partial charge in [-0.3, -0.25) is 9.36 Å². The summed E-state index contributed by atoms with van der Waals surface area (Å²) in [7, 11) is -2.14. The normalized spacial score (nSPS) is 22.4.